The van der Waals surface area contributed by atoms with Gasteiger partial charge in [0.15, 0.2) is 0 Å². The molecule has 2 unspecified atom stereocenters. The van der Waals surface area contributed by atoms with E-state index >= 15 is 0 Å². The molecule has 4 heteroatoms. The molecule has 1 saturated heterocycles. The molecule has 160 valence electrons. The smallest absolute Gasteiger partial charge is 0.410 e. The third-order valence-corrected chi connectivity index (χ3v) is 7.60. The van der Waals surface area contributed by atoms with Crippen LogP contribution >= 0.6 is 0 Å². The minimum atomic E-state index is -0.195. The highest BCUT2D eigenvalue weighted by Crippen LogP contribution is 2.44. The molecule has 2 fully saturated rings. The molecule has 4 aliphatic rings. The van der Waals surface area contributed by atoms with Crippen LogP contribution in [0.3, 0.4) is 0 Å². The van der Waals surface area contributed by atoms with Gasteiger partial charge in [-0.1, -0.05) is 79.4 Å². The van der Waals surface area contributed by atoms with Crippen molar-refractivity contribution >= 4 is 6.09 Å². The third-order valence-electron chi connectivity index (χ3n) is 7.60. The van der Waals surface area contributed by atoms with Gasteiger partial charge in [0.05, 0.1) is 25.3 Å². The van der Waals surface area contributed by atoms with Crippen LogP contribution in [0.5, 0.6) is 0 Å². The molecular weight excluding hydrogens is 386 g/mol. The zero-order chi connectivity index (χ0) is 20.8. The number of morpholine rings is 1. The molecular formula is C27H29NO3. The highest BCUT2D eigenvalue weighted by molar-refractivity contribution is 5.79. The van der Waals surface area contributed by atoms with E-state index in [0.717, 1.165) is 12.3 Å². The summed E-state index contributed by atoms with van der Waals surface area (Å²) in [6.07, 6.45) is 8.32. The number of nitrogens with zero attached hydrogens (tertiary/aromatic N) is 1. The first-order valence-corrected chi connectivity index (χ1v) is 11.7. The molecule has 6 rings (SSSR count). The van der Waals surface area contributed by atoms with E-state index in [-0.39, 0.29) is 24.1 Å². The minimum Gasteiger partial charge on any atom is -0.448 e. The number of amides is 1. The van der Waals surface area contributed by atoms with Gasteiger partial charge in [0.2, 0.25) is 0 Å². The summed E-state index contributed by atoms with van der Waals surface area (Å²) in [5.74, 6) is 0.954. The first-order chi connectivity index (χ1) is 15.3. The SMILES string of the molecule is O=C(OCC1c2ccccc2-c2ccccc21)N1C2C=C(CC3CCC3)CC1COC2. The Labute approximate surface area is 183 Å². The molecule has 2 aromatic rings. The molecule has 2 bridgehead atoms. The predicted octanol–water partition coefficient (Wildman–Crippen LogP) is 5.53. The lowest BCUT2D eigenvalue weighted by molar-refractivity contribution is -0.0369. The van der Waals surface area contributed by atoms with Gasteiger partial charge in [-0.25, -0.2) is 4.79 Å². The Morgan fingerprint density at radius 1 is 1.00 bits per heavy atom. The van der Waals surface area contributed by atoms with Crippen molar-refractivity contribution in [1.29, 1.82) is 0 Å². The Balaban J connectivity index is 1.18. The normalized spacial score (nSPS) is 24.8. The summed E-state index contributed by atoms with van der Waals surface area (Å²) in [6.45, 7) is 1.57. The van der Waals surface area contributed by atoms with Crippen LogP contribution in [0.4, 0.5) is 4.79 Å². The van der Waals surface area contributed by atoms with Crippen LogP contribution in [0.15, 0.2) is 60.2 Å². The quantitative estimate of drug-likeness (QED) is 0.617. The van der Waals surface area contributed by atoms with E-state index < -0.39 is 0 Å². The van der Waals surface area contributed by atoms with Crippen molar-refractivity contribution in [3.8, 4) is 11.1 Å². The zero-order valence-corrected chi connectivity index (χ0v) is 17.8. The maximum absolute atomic E-state index is 13.2. The van der Waals surface area contributed by atoms with Crippen molar-refractivity contribution < 1.29 is 14.3 Å². The average Bonchev–Trinajstić information content (AvgIpc) is 3.08. The van der Waals surface area contributed by atoms with Crippen molar-refractivity contribution in [3.63, 3.8) is 0 Å². The molecule has 31 heavy (non-hydrogen) atoms. The Kier molecular flexibility index (Phi) is 4.83. The second-order valence-corrected chi connectivity index (χ2v) is 9.50. The first kappa shape index (κ1) is 19.1. The van der Waals surface area contributed by atoms with Gasteiger partial charge in [0.25, 0.3) is 0 Å². The number of fused-ring (bicyclic) bond motifs is 5. The fraction of sp³-hybridized carbons (Fsp3) is 0.444. The van der Waals surface area contributed by atoms with Crippen molar-refractivity contribution in [1.82, 2.24) is 4.90 Å². The predicted molar refractivity (Wildman–Crippen MR) is 120 cm³/mol. The van der Waals surface area contributed by atoms with Gasteiger partial charge in [-0.05, 0) is 41.0 Å². The summed E-state index contributed by atoms with van der Waals surface area (Å²) in [7, 11) is 0. The highest BCUT2D eigenvalue weighted by Gasteiger charge is 2.40. The molecule has 0 spiro atoms. The number of carbonyl (C=O) groups excluding carboxylic acids is 1. The van der Waals surface area contributed by atoms with E-state index in [0.29, 0.717) is 19.8 Å². The molecule has 1 amide bonds. The van der Waals surface area contributed by atoms with Gasteiger partial charge in [0.1, 0.15) is 6.61 Å². The number of benzene rings is 2. The van der Waals surface area contributed by atoms with Gasteiger partial charge in [-0.15, -0.1) is 0 Å². The summed E-state index contributed by atoms with van der Waals surface area (Å²) < 4.78 is 11.8. The van der Waals surface area contributed by atoms with Crippen LogP contribution in [0.2, 0.25) is 0 Å². The van der Waals surface area contributed by atoms with Crippen LogP contribution in [-0.4, -0.2) is 42.9 Å². The Hall–Kier alpha value is -2.59. The van der Waals surface area contributed by atoms with Gasteiger partial charge in [-0.2, -0.15) is 0 Å². The molecule has 2 aliphatic heterocycles. The molecule has 0 radical (unpaired) electrons. The third kappa shape index (κ3) is 3.38. The molecule has 2 aromatic carbocycles. The molecule has 4 nitrogen and oxygen atoms in total. The first-order valence-electron chi connectivity index (χ1n) is 11.7. The van der Waals surface area contributed by atoms with Crippen molar-refractivity contribution in [2.75, 3.05) is 19.8 Å². The minimum absolute atomic E-state index is 0.0122. The largest absolute Gasteiger partial charge is 0.448 e. The second kappa shape index (κ2) is 7.83. The number of carbonyl (C=O) groups is 1. The Morgan fingerprint density at radius 2 is 1.71 bits per heavy atom. The van der Waals surface area contributed by atoms with Crippen LogP contribution < -0.4 is 0 Å². The van der Waals surface area contributed by atoms with Crippen LogP contribution in [0.25, 0.3) is 11.1 Å². The van der Waals surface area contributed by atoms with Crippen molar-refractivity contribution in [2.45, 2.75) is 50.1 Å². The number of hydrogen-bond donors (Lipinski definition) is 0. The second-order valence-electron chi connectivity index (χ2n) is 9.50. The Bertz CT molecular complexity index is 979. The van der Waals surface area contributed by atoms with E-state index in [1.165, 1.54) is 53.5 Å². The fourth-order valence-electron chi connectivity index (χ4n) is 5.86. The number of ether oxygens (including phenoxy) is 2. The Morgan fingerprint density at radius 3 is 2.35 bits per heavy atom. The summed E-state index contributed by atoms with van der Waals surface area (Å²) in [6, 6.07) is 17.1. The molecule has 1 saturated carbocycles. The maximum Gasteiger partial charge on any atom is 0.410 e. The monoisotopic (exact) mass is 415 g/mol. The summed E-state index contributed by atoms with van der Waals surface area (Å²) in [4.78, 5) is 15.2. The maximum atomic E-state index is 13.2. The standard InChI is InChI=1S/C27H29NO3/c29-27(28-20-13-19(12-18-6-5-7-18)14-21(28)16-30-15-20)31-17-26-24-10-3-1-8-22(24)23-9-2-4-11-25(23)26/h1-4,8-11,13,18,20-21,26H,5-7,12,14-17H2. The van der Waals surface area contributed by atoms with Crippen LogP contribution in [-0.2, 0) is 9.47 Å². The van der Waals surface area contributed by atoms with Gasteiger partial charge in [0, 0.05) is 5.92 Å². The lowest BCUT2D eigenvalue weighted by atomic mass is 9.78. The van der Waals surface area contributed by atoms with E-state index in [9.17, 15) is 4.79 Å². The van der Waals surface area contributed by atoms with Gasteiger partial charge in [-0.3, -0.25) is 4.90 Å². The fourth-order valence-corrected chi connectivity index (χ4v) is 5.86. The number of hydrogen-bond acceptors (Lipinski definition) is 3. The van der Waals surface area contributed by atoms with Crippen LogP contribution in [0, 0.1) is 5.92 Å². The van der Waals surface area contributed by atoms with Gasteiger partial charge < -0.3 is 9.47 Å². The van der Waals surface area contributed by atoms with E-state index in [2.05, 4.69) is 54.6 Å². The lowest BCUT2D eigenvalue weighted by Crippen LogP contribution is -2.56. The van der Waals surface area contributed by atoms with E-state index in [1.54, 1.807) is 0 Å². The van der Waals surface area contributed by atoms with Crippen LogP contribution in [0.1, 0.15) is 49.1 Å². The van der Waals surface area contributed by atoms with Crippen molar-refractivity contribution in [2.24, 2.45) is 5.92 Å². The molecule has 2 heterocycles. The molecule has 2 aliphatic carbocycles. The molecule has 2 atom stereocenters. The summed E-state index contributed by atoms with van der Waals surface area (Å²) in [5.41, 5.74) is 6.53. The zero-order valence-electron chi connectivity index (χ0n) is 17.8. The van der Waals surface area contributed by atoms with E-state index in [4.69, 9.17) is 9.47 Å². The average molecular weight is 416 g/mol. The topological polar surface area (TPSA) is 38.8 Å². The number of rotatable bonds is 4. The summed E-state index contributed by atoms with van der Waals surface area (Å²) in [5, 5.41) is 0. The van der Waals surface area contributed by atoms with Gasteiger partial charge >= 0.3 is 6.09 Å². The van der Waals surface area contributed by atoms with Crippen molar-refractivity contribution in [3.05, 3.63) is 71.3 Å². The highest BCUT2D eigenvalue weighted by atomic mass is 16.6. The lowest BCUT2D eigenvalue weighted by Gasteiger charge is -2.44. The molecule has 0 aromatic heterocycles. The summed E-state index contributed by atoms with van der Waals surface area (Å²) >= 11 is 0. The van der Waals surface area contributed by atoms with E-state index in [1.807, 2.05) is 4.90 Å². The molecule has 0 N–H and O–H groups in total.